The van der Waals surface area contributed by atoms with Crippen molar-refractivity contribution in [2.75, 3.05) is 6.38 Å². The summed E-state index contributed by atoms with van der Waals surface area (Å²) in [7, 11) is 0. The summed E-state index contributed by atoms with van der Waals surface area (Å²) in [5, 5.41) is 0. The van der Waals surface area contributed by atoms with Crippen LogP contribution in [0.15, 0.2) is 0 Å². The molecule has 0 aliphatic heterocycles. The average Bonchev–Trinajstić information content (AvgIpc) is 2.05. The van der Waals surface area contributed by atoms with E-state index in [1.165, 1.54) is 6.38 Å². The van der Waals surface area contributed by atoms with Crippen molar-refractivity contribution in [3.63, 3.8) is 0 Å². The molecule has 0 amide bonds. The second-order valence-electron chi connectivity index (χ2n) is 2.30. The van der Waals surface area contributed by atoms with Crippen LogP contribution in [0.4, 0.5) is 35.1 Å². The van der Waals surface area contributed by atoms with Crippen molar-refractivity contribution >= 4 is 11.6 Å². The Morgan fingerprint density at radius 1 is 0.500 bits per heavy atom. The first-order valence-corrected chi connectivity index (χ1v) is 3.65. The predicted octanol–water partition coefficient (Wildman–Crippen LogP) is 3.40. The van der Waals surface area contributed by atoms with Crippen LogP contribution in [-0.4, -0.2) is 30.1 Å². The van der Waals surface area contributed by atoms with Gasteiger partial charge in [0.2, 0.25) is 0 Å². The van der Waals surface area contributed by atoms with Gasteiger partial charge in [-0.15, -0.1) is 11.6 Å². The molecule has 0 unspecified atom stereocenters. The highest BCUT2D eigenvalue weighted by atomic mass is 35.5. The van der Waals surface area contributed by atoms with Crippen molar-refractivity contribution in [2.24, 2.45) is 0 Å². The molecule has 86 valence electrons. The lowest BCUT2D eigenvalue weighted by Crippen LogP contribution is -2.82. The lowest BCUT2D eigenvalue weighted by Gasteiger charge is -2.49. The van der Waals surface area contributed by atoms with Crippen molar-refractivity contribution in [1.29, 1.82) is 0 Å². The minimum Gasteiger partial charge on any atom is -0.192 e. The van der Waals surface area contributed by atoms with E-state index in [-0.39, 0.29) is 0 Å². The van der Waals surface area contributed by atoms with Crippen LogP contribution in [0.25, 0.3) is 0 Å². The molecule has 0 N–H and O–H groups in total. The van der Waals surface area contributed by atoms with Crippen molar-refractivity contribution in [2.45, 2.75) is 23.7 Å². The summed E-state index contributed by atoms with van der Waals surface area (Å²) in [6.45, 7) is 0. The molecule has 1 rings (SSSR count). The molecule has 0 aromatic rings. The molecule has 0 spiro atoms. The monoisotopic (exact) mass is 250 g/mol. The molecule has 0 radical (unpaired) electrons. The van der Waals surface area contributed by atoms with Crippen molar-refractivity contribution in [1.82, 2.24) is 0 Å². The smallest absolute Gasteiger partial charge is 0.192 e. The zero-order chi connectivity index (χ0) is 12.0. The number of halogens is 9. The third-order valence-electron chi connectivity index (χ3n) is 1.58. The van der Waals surface area contributed by atoms with E-state index in [0.29, 0.717) is 0 Å². The molecule has 1 aliphatic carbocycles. The number of hydrogen-bond donors (Lipinski definition) is 0. The topological polar surface area (TPSA) is 0 Å². The van der Waals surface area contributed by atoms with Crippen LogP contribution in [0.1, 0.15) is 0 Å². The molecule has 9 heteroatoms. The predicted molar refractivity (Wildman–Crippen MR) is 31.6 cm³/mol. The minimum absolute atomic E-state index is 1.47. The molecule has 1 fully saturated rings. The van der Waals surface area contributed by atoms with Gasteiger partial charge in [-0.3, -0.25) is 0 Å². The van der Waals surface area contributed by atoms with E-state index >= 15 is 0 Å². The zero-order valence-corrected chi connectivity index (χ0v) is 7.16. The average molecular weight is 251 g/mol. The van der Waals surface area contributed by atoms with Crippen molar-refractivity contribution < 1.29 is 35.1 Å². The fourth-order valence-electron chi connectivity index (χ4n) is 0.726. The third kappa shape index (κ3) is 1.06. The van der Waals surface area contributed by atoms with Gasteiger partial charge in [0.05, 0.1) is 0 Å². The standard InChI is InChI=1S/C4F8.CH3Cl/c5-1(6)2(7,8)4(11,12)3(1,9)10;1-2/h;1H3. The van der Waals surface area contributed by atoms with Crippen LogP contribution in [0.2, 0.25) is 0 Å². The van der Waals surface area contributed by atoms with E-state index in [1.807, 2.05) is 0 Å². The maximum absolute atomic E-state index is 11.6. The number of rotatable bonds is 0. The van der Waals surface area contributed by atoms with Crippen molar-refractivity contribution in [3.8, 4) is 0 Å². The lowest BCUT2D eigenvalue weighted by atomic mass is 9.80. The number of alkyl halides is 9. The van der Waals surface area contributed by atoms with E-state index in [1.54, 1.807) is 0 Å². The van der Waals surface area contributed by atoms with E-state index in [0.717, 1.165) is 0 Å². The van der Waals surface area contributed by atoms with Gasteiger partial charge < -0.3 is 0 Å². The Morgan fingerprint density at radius 3 is 0.643 bits per heavy atom. The summed E-state index contributed by atoms with van der Waals surface area (Å²) in [4.78, 5) is 0. The second-order valence-corrected chi connectivity index (χ2v) is 2.30. The fourth-order valence-corrected chi connectivity index (χ4v) is 0.726. The maximum Gasteiger partial charge on any atom is 0.385 e. The van der Waals surface area contributed by atoms with Gasteiger partial charge >= 0.3 is 23.7 Å². The van der Waals surface area contributed by atoms with Crippen molar-refractivity contribution in [3.05, 3.63) is 0 Å². The third-order valence-corrected chi connectivity index (χ3v) is 1.58. The Balaban J connectivity index is 0.000000791. The fraction of sp³-hybridized carbons (Fsp3) is 1.00. The van der Waals surface area contributed by atoms with Crippen LogP contribution in [0, 0.1) is 0 Å². The first kappa shape index (κ1) is 13.7. The quantitative estimate of drug-likeness (QED) is 0.457. The van der Waals surface area contributed by atoms with Gasteiger partial charge in [-0.1, -0.05) is 0 Å². The highest BCUT2D eigenvalue weighted by molar-refractivity contribution is 6.15. The molecular formula is C5H3ClF8. The maximum atomic E-state index is 11.6. The molecule has 0 aromatic carbocycles. The first-order chi connectivity index (χ1) is 6.00. The molecule has 1 saturated carbocycles. The van der Waals surface area contributed by atoms with Gasteiger partial charge in [0.1, 0.15) is 0 Å². The van der Waals surface area contributed by atoms with Crippen LogP contribution in [0.3, 0.4) is 0 Å². The summed E-state index contributed by atoms with van der Waals surface area (Å²) in [6.07, 6.45) is 1.47. The molecule has 14 heavy (non-hydrogen) atoms. The van der Waals surface area contributed by atoms with Gasteiger partial charge in [0, 0.05) is 6.38 Å². The normalized spacial score (nSPS) is 29.6. The SMILES string of the molecule is CCl.FC1(F)C(F)(F)C(F)(F)C1(F)F. The Bertz CT molecular complexity index is 158. The summed E-state index contributed by atoms with van der Waals surface area (Å²) in [5.41, 5.74) is 0. The Hall–Kier alpha value is -0.270. The Morgan fingerprint density at radius 2 is 0.571 bits per heavy atom. The molecule has 0 heterocycles. The van der Waals surface area contributed by atoms with Crippen LogP contribution >= 0.6 is 11.6 Å². The summed E-state index contributed by atoms with van der Waals surface area (Å²) in [5.74, 6) is -23.9. The van der Waals surface area contributed by atoms with E-state index < -0.39 is 23.7 Å². The highest BCUT2D eigenvalue weighted by Crippen LogP contribution is 2.69. The Labute approximate surface area is 77.8 Å². The minimum atomic E-state index is -5.97. The van der Waals surface area contributed by atoms with Gasteiger partial charge in [-0.2, -0.15) is 35.1 Å². The van der Waals surface area contributed by atoms with E-state index in [9.17, 15) is 35.1 Å². The summed E-state index contributed by atoms with van der Waals surface area (Å²) in [6, 6.07) is 0. The van der Waals surface area contributed by atoms with Crippen LogP contribution in [-0.2, 0) is 0 Å². The zero-order valence-electron chi connectivity index (χ0n) is 6.40. The van der Waals surface area contributed by atoms with E-state index in [4.69, 9.17) is 0 Å². The molecule has 0 nitrogen and oxygen atoms in total. The first-order valence-electron chi connectivity index (χ1n) is 2.89. The molecule has 0 bridgehead atoms. The largest absolute Gasteiger partial charge is 0.385 e. The molecule has 0 aromatic heterocycles. The number of hydrogen-bond acceptors (Lipinski definition) is 0. The van der Waals surface area contributed by atoms with Gasteiger partial charge in [0.15, 0.2) is 0 Å². The van der Waals surface area contributed by atoms with Gasteiger partial charge in [0.25, 0.3) is 0 Å². The van der Waals surface area contributed by atoms with Crippen LogP contribution in [0.5, 0.6) is 0 Å². The van der Waals surface area contributed by atoms with Gasteiger partial charge in [-0.05, 0) is 0 Å². The summed E-state index contributed by atoms with van der Waals surface area (Å²) >= 11 is 4.64. The highest BCUT2D eigenvalue weighted by Gasteiger charge is 3.01. The molecule has 0 atom stereocenters. The van der Waals surface area contributed by atoms with Gasteiger partial charge in [-0.25, -0.2) is 0 Å². The molecule has 0 saturated heterocycles. The molecule has 1 aliphatic rings. The lowest BCUT2D eigenvalue weighted by molar-refractivity contribution is -0.506. The second kappa shape index (κ2) is 3.11. The Kier molecular flexibility index (Phi) is 3.05. The molecular weight excluding hydrogens is 247 g/mol. The van der Waals surface area contributed by atoms with E-state index in [2.05, 4.69) is 11.6 Å². The summed E-state index contributed by atoms with van der Waals surface area (Å²) < 4.78 is 92.9. The van der Waals surface area contributed by atoms with Crippen LogP contribution < -0.4 is 0 Å².